The van der Waals surface area contributed by atoms with Gasteiger partial charge in [-0.1, -0.05) is 61.1 Å². The van der Waals surface area contributed by atoms with Crippen LogP contribution in [-0.4, -0.2) is 40.7 Å². The first-order valence-corrected chi connectivity index (χ1v) is 15.2. The first kappa shape index (κ1) is 30.7. The highest BCUT2D eigenvalue weighted by atomic mass is 32.1. The van der Waals surface area contributed by atoms with Gasteiger partial charge in [0.25, 0.3) is 5.78 Å². The Morgan fingerprint density at radius 2 is 1.75 bits per heavy atom. The van der Waals surface area contributed by atoms with Crippen LogP contribution in [0.5, 0.6) is 17.2 Å². The molecule has 1 amide bonds. The minimum absolute atomic E-state index is 0.0631. The van der Waals surface area contributed by atoms with Crippen molar-refractivity contribution in [2.24, 2.45) is 5.92 Å². The van der Waals surface area contributed by atoms with E-state index in [0.717, 1.165) is 17.5 Å². The molecule has 0 bridgehead atoms. The molecule has 1 fully saturated rings. The molecule has 228 valence electrons. The number of hydrogen-bond acceptors (Lipinski definition) is 9. The second-order valence-corrected chi connectivity index (χ2v) is 12.2. The molecule has 0 radical (unpaired) electrons. The van der Waals surface area contributed by atoms with Gasteiger partial charge in [0, 0.05) is 5.56 Å². The summed E-state index contributed by atoms with van der Waals surface area (Å²) in [5.74, 6) is 0.130. The fraction of sp³-hybridized carbons (Fsp3) is 0.294. The molecular weight excluding hydrogens is 578 g/mol. The van der Waals surface area contributed by atoms with Crippen molar-refractivity contribution in [3.05, 3.63) is 99.6 Å². The van der Waals surface area contributed by atoms with Crippen molar-refractivity contribution in [3.63, 3.8) is 0 Å². The maximum atomic E-state index is 13.5. The first-order valence-electron chi connectivity index (χ1n) is 14.4. The van der Waals surface area contributed by atoms with Crippen LogP contribution in [0, 0.1) is 19.8 Å². The maximum Gasteiger partial charge on any atom is 0.301 e. The summed E-state index contributed by atoms with van der Waals surface area (Å²) in [5, 5.41) is 20.6. The average molecular weight is 614 g/mol. The summed E-state index contributed by atoms with van der Waals surface area (Å²) in [7, 11) is 1.53. The lowest BCUT2D eigenvalue weighted by molar-refractivity contribution is -0.132. The minimum Gasteiger partial charge on any atom is -0.507 e. The van der Waals surface area contributed by atoms with Crippen molar-refractivity contribution in [3.8, 4) is 17.2 Å². The van der Waals surface area contributed by atoms with E-state index in [4.69, 9.17) is 14.2 Å². The zero-order chi connectivity index (χ0) is 31.4. The molecule has 9 nitrogen and oxygen atoms in total. The van der Waals surface area contributed by atoms with Crippen LogP contribution in [0.25, 0.3) is 5.76 Å². The molecule has 5 rings (SSSR count). The van der Waals surface area contributed by atoms with Gasteiger partial charge in [0.05, 0.1) is 25.3 Å². The second-order valence-electron chi connectivity index (χ2n) is 11.0. The number of amides is 1. The number of ketones is 1. The topological polar surface area (TPSA) is 111 Å². The number of rotatable bonds is 11. The summed E-state index contributed by atoms with van der Waals surface area (Å²) < 4.78 is 17.5. The monoisotopic (exact) mass is 613 g/mol. The van der Waals surface area contributed by atoms with E-state index in [1.807, 2.05) is 25.1 Å². The van der Waals surface area contributed by atoms with E-state index in [9.17, 15) is 14.7 Å². The number of Topliss-reactive ketones (excluding diaryl/α,β-unsaturated/α-hetero) is 1. The minimum atomic E-state index is -0.974. The van der Waals surface area contributed by atoms with Crippen LogP contribution < -0.4 is 19.1 Å². The van der Waals surface area contributed by atoms with E-state index in [1.165, 1.54) is 23.3 Å². The quantitative estimate of drug-likeness (QED) is 0.112. The molecule has 10 heteroatoms. The van der Waals surface area contributed by atoms with Gasteiger partial charge in [-0.05, 0) is 73.7 Å². The fourth-order valence-corrected chi connectivity index (χ4v) is 5.65. The molecule has 2 heterocycles. The van der Waals surface area contributed by atoms with E-state index in [0.29, 0.717) is 52.5 Å². The predicted molar refractivity (Wildman–Crippen MR) is 169 cm³/mol. The Morgan fingerprint density at radius 3 is 2.41 bits per heavy atom. The summed E-state index contributed by atoms with van der Waals surface area (Å²) in [4.78, 5) is 28.3. The summed E-state index contributed by atoms with van der Waals surface area (Å²) >= 11 is 1.19. The van der Waals surface area contributed by atoms with Gasteiger partial charge in [0.15, 0.2) is 11.5 Å². The van der Waals surface area contributed by atoms with Crippen LogP contribution in [0.4, 0.5) is 5.13 Å². The number of hydrogen-bond donors (Lipinski definition) is 1. The number of aryl methyl sites for hydroxylation is 2. The standard InChI is InChI=1S/C34H35N3O6S/c1-20(2)15-16-42-27-14-11-25(18-28(27)41-5)30-29(32(39)33(40)37(30)34-36-35-22(4)44-34)31(38)24-9-12-26(13-10-24)43-19-23-8-6-7-21(3)17-23/h6-14,17-18,20,30,38H,15-16,19H2,1-5H3/b31-29+. The number of methoxy groups -OCH3 is 1. The van der Waals surface area contributed by atoms with Gasteiger partial charge in [0.1, 0.15) is 23.1 Å². The largest absolute Gasteiger partial charge is 0.507 e. The molecule has 0 saturated carbocycles. The molecule has 1 aromatic heterocycles. The van der Waals surface area contributed by atoms with Crippen LogP contribution in [0.1, 0.15) is 53.6 Å². The Balaban J connectivity index is 1.50. The van der Waals surface area contributed by atoms with Gasteiger partial charge in [-0.2, -0.15) is 0 Å². The number of anilines is 1. The third kappa shape index (κ3) is 6.60. The highest BCUT2D eigenvalue weighted by Crippen LogP contribution is 2.45. The van der Waals surface area contributed by atoms with E-state index >= 15 is 0 Å². The molecule has 0 aliphatic carbocycles. The molecule has 0 spiro atoms. The van der Waals surface area contributed by atoms with Gasteiger partial charge in [-0.25, -0.2) is 0 Å². The van der Waals surface area contributed by atoms with Crippen molar-refractivity contribution in [2.45, 2.75) is 46.8 Å². The highest BCUT2D eigenvalue weighted by Gasteiger charge is 2.48. The molecular formula is C34H35N3O6S. The first-order chi connectivity index (χ1) is 21.2. The lowest BCUT2D eigenvalue weighted by Crippen LogP contribution is -2.29. The molecule has 1 atom stereocenters. The van der Waals surface area contributed by atoms with Crippen molar-refractivity contribution in [2.75, 3.05) is 18.6 Å². The SMILES string of the molecule is COc1cc(C2/C(=C(\O)c3ccc(OCc4cccc(C)c4)cc3)C(=O)C(=O)N2c2nnc(C)s2)ccc1OCCC(C)C. The molecule has 4 aromatic rings. The molecule has 44 heavy (non-hydrogen) atoms. The number of aromatic nitrogens is 2. The Bertz CT molecular complexity index is 1700. The molecule has 1 saturated heterocycles. The summed E-state index contributed by atoms with van der Waals surface area (Å²) in [6.07, 6.45) is 0.872. The summed E-state index contributed by atoms with van der Waals surface area (Å²) in [5.41, 5.74) is 3.03. The fourth-order valence-electron chi connectivity index (χ4n) is 4.94. The van der Waals surface area contributed by atoms with E-state index in [1.54, 1.807) is 49.4 Å². The third-order valence-corrected chi connectivity index (χ3v) is 8.08. The molecule has 1 aliphatic rings. The van der Waals surface area contributed by atoms with Gasteiger partial charge in [0.2, 0.25) is 5.13 Å². The summed E-state index contributed by atoms with van der Waals surface area (Å²) in [6, 6.07) is 19.1. The Hall–Kier alpha value is -4.70. The maximum absolute atomic E-state index is 13.5. The number of aliphatic hydroxyl groups excluding tert-OH is 1. The van der Waals surface area contributed by atoms with Crippen molar-refractivity contribution in [1.82, 2.24) is 10.2 Å². The smallest absolute Gasteiger partial charge is 0.301 e. The van der Waals surface area contributed by atoms with Gasteiger partial charge >= 0.3 is 5.91 Å². The summed E-state index contributed by atoms with van der Waals surface area (Å²) in [6.45, 7) is 8.93. The third-order valence-electron chi connectivity index (χ3n) is 7.24. The van der Waals surface area contributed by atoms with Gasteiger partial charge < -0.3 is 19.3 Å². The molecule has 3 aromatic carbocycles. The van der Waals surface area contributed by atoms with E-state index in [2.05, 4.69) is 30.1 Å². The van der Waals surface area contributed by atoms with Crippen LogP contribution in [-0.2, 0) is 16.2 Å². The zero-order valence-corrected chi connectivity index (χ0v) is 26.2. The Morgan fingerprint density at radius 1 is 0.977 bits per heavy atom. The number of carbonyl (C=O) groups is 2. The average Bonchev–Trinajstić information content (AvgIpc) is 3.55. The van der Waals surface area contributed by atoms with E-state index in [-0.39, 0.29) is 16.5 Å². The van der Waals surface area contributed by atoms with Gasteiger partial charge in [-0.3, -0.25) is 14.5 Å². The van der Waals surface area contributed by atoms with E-state index < -0.39 is 17.7 Å². The van der Waals surface area contributed by atoms with Crippen LogP contribution in [0.3, 0.4) is 0 Å². The lowest BCUT2D eigenvalue weighted by Gasteiger charge is -2.23. The predicted octanol–water partition coefficient (Wildman–Crippen LogP) is 6.79. The number of benzene rings is 3. The Kier molecular flexibility index (Phi) is 9.29. The Labute approximate surface area is 260 Å². The zero-order valence-electron chi connectivity index (χ0n) is 25.4. The van der Waals surface area contributed by atoms with Crippen molar-refractivity contribution in [1.29, 1.82) is 0 Å². The normalized spacial score (nSPS) is 16.0. The number of carbonyl (C=O) groups excluding carboxylic acids is 2. The second kappa shape index (κ2) is 13.3. The van der Waals surface area contributed by atoms with Crippen LogP contribution >= 0.6 is 11.3 Å². The molecule has 1 N–H and O–H groups in total. The number of nitrogens with zero attached hydrogens (tertiary/aromatic N) is 3. The van der Waals surface area contributed by atoms with Crippen LogP contribution in [0.2, 0.25) is 0 Å². The lowest BCUT2D eigenvalue weighted by atomic mass is 9.95. The molecule has 1 aliphatic heterocycles. The molecule has 1 unspecified atom stereocenters. The highest BCUT2D eigenvalue weighted by molar-refractivity contribution is 7.15. The number of ether oxygens (including phenoxy) is 3. The van der Waals surface area contributed by atoms with Crippen molar-refractivity contribution < 1.29 is 28.9 Å². The number of aliphatic hydroxyl groups is 1. The van der Waals surface area contributed by atoms with Crippen molar-refractivity contribution >= 4 is 33.9 Å². The van der Waals surface area contributed by atoms with Crippen LogP contribution in [0.15, 0.2) is 72.3 Å². The van der Waals surface area contributed by atoms with Gasteiger partial charge in [-0.15, -0.1) is 10.2 Å².